The van der Waals surface area contributed by atoms with Crippen LogP contribution in [0.2, 0.25) is 0 Å². The number of amides is 1. The van der Waals surface area contributed by atoms with Crippen molar-refractivity contribution in [2.24, 2.45) is 10.8 Å². The molecule has 1 aromatic carbocycles. The van der Waals surface area contributed by atoms with Gasteiger partial charge >= 0.3 is 0 Å². The summed E-state index contributed by atoms with van der Waals surface area (Å²) >= 11 is 0. The number of carbonyl (C=O) groups excluding carboxylic acids is 1. The van der Waals surface area contributed by atoms with Crippen LogP contribution in [0.1, 0.15) is 93.0 Å². The SMILES string of the molecule is CC1(COc2cc(F)c(C(=O)NS(=O)C3CC3)cc2C2CC2)CCC2(CC1)CC2. The zero-order valence-electron chi connectivity index (χ0n) is 17.1. The highest BCUT2D eigenvalue weighted by Crippen LogP contribution is 2.59. The quantitative estimate of drug-likeness (QED) is 0.677. The maximum absolute atomic E-state index is 14.8. The van der Waals surface area contributed by atoms with Crippen molar-refractivity contribution in [2.75, 3.05) is 6.61 Å². The lowest BCUT2D eigenvalue weighted by molar-refractivity contribution is 0.0869. The summed E-state index contributed by atoms with van der Waals surface area (Å²) in [6.07, 6.45) is 11.5. The molecular weight excluding hydrogens is 389 g/mol. The van der Waals surface area contributed by atoms with E-state index in [9.17, 15) is 13.4 Å². The number of halogens is 1. The van der Waals surface area contributed by atoms with Crippen LogP contribution < -0.4 is 9.46 Å². The van der Waals surface area contributed by atoms with Gasteiger partial charge in [-0.2, -0.15) is 0 Å². The molecule has 0 heterocycles. The first-order valence-electron chi connectivity index (χ1n) is 11.0. The van der Waals surface area contributed by atoms with Crippen LogP contribution in [0.25, 0.3) is 0 Å². The summed E-state index contributed by atoms with van der Waals surface area (Å²) < 4.78 is 35.4. The number of hydrogen-bond acceptors (Lipinski definition) is 3. The van der Waals surface area contributed by atoms with E-state index >= 15 is 0 Å². The average Bonchev–Trinajstić information content (AvgIpc) is 3.55. The Bertz CT molecular complexity index is 848. The normalized spacial score (nSPS) is 25.4. The van der Waals surface area contributed by atoms with Gasteiger partial charge in [0.25, 0.3) is 5.91 Å². The van der Waals surface area contributed by atoms with E-state index in [-0.39, 0.29) is 16.2 Å². The third-order valence-corrected chi connectivity index (χ3v) is 8.90. The highest BCUT2D eigenvalue weighted by atomic mass is 32.2. The molecule has 1 N–H and O–H groups in total. The largest absolute Gasteiger partial charge is 0.493 e. The molecule has 4 saturated carbocycles. The molecule has 1 aromatic rings. The number of benzene rings is 1. The molecule has 1 unspecified atom stereocenters. The van der Waals surface area contributed by atoms with Crippen molar-refractivity contribution in [1.29, 1.82) is 0 Å². The molecule has 1 spiro atoms. The summed E-state index contributed by atoms with van der Waals surface area (Å²) in [5, 5.41) is 0.0264. The fourth-order valence-corrected chi connectivity index (χ4v) is 5.58. The van der Waals surface area contributed by atoms with Crippen molar-refractivity contribution in [3.63, 3.8) is 0 Å². The molecule has 4 nitrogen and oxygen atoms in total. The Kier molecular flexibility index (Phi) is 4.76. The van der Waals surface area contributed by atoms with Gasteiger partial charge in [0.2, 0.25) is 0 Å². The van der Waals surface area contributed by atoms with Crippen molar-refractivity contribution in [2.45, 2.75) is 82.3 Å². The Morgan fingerprint density at radius 1 is 1.14 bits per heavy atom. The highest BCUT2D eigenvalue weighted by molar-refractivity contribution is 7.84. The van der Waals surface area contributed by atoms with E-state index in [1.165, 1.54) is 44.6 Å². The van der Waals surface area contributed by atoms with Gasteiger partial charge < -0.3 is 4.74 Å². The molecule has 0 aromatic heterocycles. The fourth-order valence-electron chi connectivity index (χ4n) is 4.55. The van der Waals surface area contributed by atoms with Gasteiger partial charge in [0.1, 0.15) is 22.6 Å². The molecule has 4 aliphatic rings. The molecule has 0 saturated heterocycles. The van der Waals surface area contributed by atoms with Crippen molar-refractivity contribution >= 4 is 16.9 Å². The van der Waals surface area contributed by atoms with Gasteiger partial charge in [-0.15, -0.1) is 0 Å². The van der Waals surface area contributed by atoms with E-state index in [0.717, 1.165) is 31.2 Å². The topological polar surface area (TPSA) is 55.4 Å². The third kappa shape index (κ3) is 4.23. The Labute approximate surface area is 174 Å². The summed E-state index contributed by atoms with van der Waals surface area (Å²) in [5.74, 6) is -0.270. The molecule has 1 atom stereocenters. The van der Waals surface area contributed by atoms with Crippen LogP contribution in [0.15, 0.2) is 12.1 Å². The lowest BCUT2D eigenvalue weighted by Crippen LogP contribution is -2.31. The van der Waals surface area contributed by atoms with Crippen LogP contribution in [0, 0.1) is 16.6 Å². The van der Waals surface area contributed by atoms with Gasteiger partial charge in [-0.3, -0.25) is 9.52 Å². The van der Waals surface area contributed by atoms with Crippen molar-refractivity contribution in [1.82, 2.24) is 4.72 Å². The molecule has 1 amide bonds. The summed E-state index contributed by atoms with van der Waals surface area (Å²) in [6.45, 7) is 2.88. The molecule has 0 bridgehead atoms. The second-order valence-electron chi connectivity index (χ2n) is 10.2. The standard InChI is InChI=1S/C23H30FNO3S/c1-22(6-8-23(9-7-22)10-11-23)14-28-20-13-19(24)18(12-17(20)15-2-3-15)21(26)25-29(27)16-4-5-16/h12-13,15-16H,2-11,14H2,1H3,(H,25,26). The molecule has 4 aliphatic carbocycles. The van der Waals surface area contributed by atoms with Gasteiger partial charge in [-0.25, -0.2) is 8.60 Å². The van der Waals surface area contributed by atoms with E-state index in [0.29, 0.717) is 23.7 Å². The Balaban J connectivity index is 1.29. The summed E-state index contributed by atoms with van der Waals surface area (Å²) in [4.78, 5) is 12.5. The lowest BCUT2D eigenvalue weighted by Gasteiger charge is -2.37. The summed E-state index contributed by atoms with van der Waals surface area (Å²) in [5.41, 5.74) is 1.68. The van der Waals surface area contributed by atoms with Crippen molar-refractivity contribution in [3.05, 3.63) is 29.1 Å². The average molecular weight is 420 g/mol. The number of hydrogen-bond donors (Lipinski definition) is 1. The van der Waals surface area contributed by atoms with E-state index in [1.54, 1.807) is 6.07 Å². The first-order chi connectivity index (χ1) is 13.9. The summed E-state index contributed by atoms with van der Waals surface area (Å²) in [6, 6.07) is 3.00. The predicted octanol–water partition coefficient (Wildman–Crippen LogP) is 5.00. The van der Waals surface area contributed by atoms with Gasteiger partial charge in [-0.1, -0.05) is 6.92 Å². The van der Waals surface area contributed by atoms with Crippen LogP contribution in [0.5, 0.6) is 5.75 Å². The van der Waals surface area contributed by atoms with E-state index in [1.807, 2.05) is 0 Å². The van der Waals surface area contributed by atoms with Crippen LogP contribution in [-0.2, 0) is 11.0 Å². The first-order valence-corrected chi connectivity index (χ1v) is 12.3. The zero-order chi connectivity index (χ0) is 20.2. The van der Waals surface area contributed by atoms with Crippen molar-refractivity contribution in [3.8, 4) is 5.75 Å². The van der Waals surface area contributed by atoms with Gasteiger partial charge in [0.15, 0.2) is 0 Å². The minimum atomic E-state index is -1.42. The fraction of sp³-hybridized carbons (Fsp3) is 0.696. The van der Waals surface area contributed by atoms with E-state index < -0.39 is 22.7 Å². The molecule has 0 aliphatic heterocycles. The predicted molar refractivity (Wildman–Crippen MR) is 111 cm³/mol. The zero-order valence-corrected chi connectivity index (χ0v) is 17.9. The maximum Gasteiger partial charge on any atom is 0.265 e. The monoisotopic (exact) mass is 419 g/mol. The van der Waals surface area contributed by atoms with Crippen LogP contribution >= 0.6 is 0 Å². The molecule has 4 fully saturated rings. The molecule has 5 rings (SSSR count). The van der Waals surface area contributed by atoms with Crippen LogP contribution in [0.3, 0.4) is 0 Å². The van der Waals surface area contributed by atoms with Gasteiger partial charge in [0.05, 0.1) is 17.4 Å². The molecule has 29 heavy (non-hydrogen) atoms. The van der Waals surface area contributed by atoms with Crippen molar-refractivity contribution < 1.29 is 18.1 Å². The molecule has 158 valence electrons. The number of rotatable bonds is 7. The lowest BCUT2D eigenvalue weighted by atomic mass is 9.71. The maximum atomic E-state index is 14.8. The molecule has 6 heteroatoms. The Hall–Kier alpha value is -1.43. The Morgan fingerprint density at radius 3 is 2.38 bits per heavy atom. The third-order valence-electron chi connectivity index (χ3n) is 7.43. The number of nitrogens with one attached hydrogen (secondary N) is 1. The minimum absolute atomic E-state index is 0.0206. The second kappa shape index (κ2) is 7.07. The van der Waals surface area contributed by atoms with Crippen LogP contribution in [-0.4, -0.2) is 22.0 Å². The van der Waals surface area contributed by atoms with E-state index in [2.05, 4.69) is 11.6 Å². The number of carbonyl (C=O) groups is 1. The summed E-state index contributed by atoms with van der Waals surface area (Å²) in [7, 11) is -1.42. The highest BCUT2D eigenvalue weighted by Gasteiger charge is 2.48. The van der Waals surface area contributed by atoms with Gasteiger partial charge in [0, 0.05) is 11.5 Å². The minimum Gasteiger partial charge on any atom is -0.493 e. The number of ether oxygens (including phenoxy) is 1. The first kappa shape index (κ1) is 19.5. The molecular formula is C23H30FNO3S. The van der Waals surface area contributed by atoms with Crippen LogP contribution in [0.4, 0.5) is 4.39 Å². The second-order valence-corrected chi connectivity index (χ2v) is 11.6. The van der Waals surface area contributed by atoms with Gasteiger partial charge in [-0.05, 0) is 87.2 Å². The Morgan fingerprint density at radius 2 is 1.79 bits per heavy atom. The molecule has 0 radical (unpaired) electrons. The van der Waals surface area contributed by atoms with E-state index in [4.69, 9.17) is 4.74 Å². The smallest absolute Gasteiger partial charge is 0.265 e.